The van der Waals surface area contributed by atoms with Crippen LogP contribution in [-0.2, 0) is 4.79 Å². The molecule has 0 aromatic heterocycles. The van der Waals surface area contributed by atoms with E-state index in [0.29, 0.717) is 11.8 Å². The smallest absolute Gasteiger partial charge is 0.226 e. The lowest BCUT2D eigenvalue weighted by atomic mass is 9.94. The Hall–Kier alpha value is 0.0700. The standard InChI is InChI=1S/C11H22N2OS.ClH/c1-8-6-13(5-4-10(8)12)11(14)9(2)7-15-3;/h8-10H,4-7,12H2,1-3H3;1H. The summed E-state index contributed by atoms with van der Waals surface area (Å²) in [5.41, 5.74) is 5.93. The Morgan fingerprint density at radius 2 is 2.25 bits per heavy atom. The zero-order valence-electron chi connectivity index (χ0n) is 10.3. The summed E-state index contributed by atoms with van der Waals surface area (Å²) in [7, 11) is 0. The highest BCUT2D eigenvalue weighted by atomic mass is 35.5. The van der Waals surface area contributed by atoms with Gasteiger partial charge in [0.2, 0.25) is 5.91 Å². The normalized spacial score (nSPS) is 27.1. The Labute approximate surface area is 109 Å². The van der Waals surface area contributed by atoms with Gasteiger partial charge in [0, 0.05) is 30.8 Å². The van der Waals surface area contributed by atoms with Crippen molar-refractivity contribution in [2.24, 2.45) is 17.6 Å². The van der Waals surface area contributed by atoms with Crippen LogP contribution in [0.2, 0.25) is 0 Å². The van der Waals surface area contributed by atoms with E-state index in [0.717, 1.165) is 25.3 Å². The average Bonchev–Trinajstić information content (AvgIpc) is 2.21. The SMILES string of the molecule is CSCC(C)C(=O)N1CCC(N)C(C)C1.Cl. The Bertz CT molecular complexity index is 228. The quantitative estimate of drug-likeness (QED) is 0.844. The van der Waals surface area contributed by atoms with Gasteiger partial charge in [-0.2, -0.15) is 11.8 Å². The van der Waals surface area contributed by atoms with Crippen LogP contribution in [0.4, 0.5) is 0 Å². The number of carbonyl (C=O) groups is 1. The van der Waals surface area contributed by atoms with Crippen LogP contribution in [0.25, 0.3) is 0 Å². The molecule has 0 spiro atoms. The van der Waals surface area contributed by atoms with Crippen LogP contribution in [0.1, 0.15) is 20.3 Å². The lowest BCUT2D eigenvalue weighted by Crippen LogP contribution is -2.49. The first-order valence-electron chi connectivity index (χ1n) is 5.59. The molecular weight excluding hydrogens is 244 g/mol. The summed E-state index contributed by atoms with van der Waals surface area (Å²) in [6.45, 7) is 5.81. The van der Waals surface area contributed by atoms with Gasteiger partial charge in [-0.1, -0.05) is 13.8 Å². The summed E-state index contributed by atoms with van der Waals surface area (Å²) in [5, 5.41) is 0. The van der Waals surface area contributed by atoms with Gasteiger partial charge in [-0.25, -0.2) is 0 Å². The number of hydrogen-bond acceptors (Lipinski definition) is 3. The van der Waals surface area contributed by atoms with Gasteiger partial charge in [0.05, 0.1) is 0 Å². The molecule has 1 aliphatic rings. The van der Waals surface area contributed by atoms with Gasteiger partial charge < -0.3 is 10.6 Å². The van der Waals surface area contributed by atoms with E-state index in [1.54, 1.807) is 11.8 Å². The molecule has 0 aliphatic carbocycles. The topological polar surface area (TPSA) is 46.3 Å². The molecule has 0 saturated carbocycles. The fourth-order valence-electron chi connectivity index (χ4n) is 2.00. The summed E-state index contributed by atoms with van der Waals surface area (Å²) in [6, 6.07) is 0.268. The number of thioether (sulfide) groups is 1. The zero-order chi connectivity index (χ0) is 11.4. The number of hydrogen-bond donors (Lipinski definition) is 1. The first-order chi connectivity index (χ1) is 7.06. The average molecular weight is 267 g/mol. The first-order valence-corrected chi connectivity index (χ1v) is 6.99. The maximum atomic E-state index is 12.0. The third kappa shape index (κ3) is 4.15. The molecule has 3 unspecified atom stereocenters. The lowest BCUT2D eigenvalue weighted by molar-refractivity contribution is -0.136. The van der Waals surface area contributed by atoms with Crippen molar-refractivity contribution in [3.63, 3.8) is 0 Å². The predicted molar refractivity (Wildman–Crippen MR) is 73.1 cm³/mol. The molecule has 1 amide bonds. The van der Waals surface area contributed by atoms with E-state index < -0.39 is 0 Å². The summed E-state index contributed by atoms with van der Waals surface area (Å²) in [5.74, 6) is 1.78. The molecule has 1 aliphatic heterocycles. The van der Waals surface area contributed by atoms with E-state index in [-0.39, 0.29) is 24.4 Å². The van der Waals surface area contributed by atoms with Crippen molar-refractivity contribution in [1.29, 1.82) is 0 Å². The fraction of sp³-hybridized carbons (Fsp3) is 0.909. The highest BCUT2D eigenvalue weighted by Gasteiger charge is 2.28. The number of nitrogens with two attached hydrogens (primary N) is 1. The molecule has 16 heavy (non-hydrogen) atoms. The molecule has 1 heterocycles. The number of amides is 1. The van der Waals surface area contributed by atoms with Gasteiger partial charge in [-0.3, -0.25) is 4.79 Å². The Balaban J connectivity index is 0.00000225. The molecule has 0 aromatic carbocycles. The predicted octanol–water partition coefficient (Wildman–Crippen LogP) is 1.60. The molecule has 0 aromatic rings. The minimum Gasteiger partial charge on any atom is -0.342 e. The molecule has 0 bridgehead atoms. The van der Waals surface area contributed by atoms with E-state index in [2.05, 4.69) is 6.92 Å². The molecule has 5 heteroatoms. The van der Waals surface area contributed by atoms with Gasteiger partial charge in [0.25, 0.3) is 0 Å². The molecule has 1 fully saturated rings. The Kier molecular flexibility index (Phi) is 7.44. The van der Waals surface area contributed by atoms with Crippen molar-refractivity contribution in [3.05, 3.63) is 0 Å². The monoisotopic (exact) mass is 266 g/mol. The van der Waals surface area contributed by atoms with Crippen molar-refractivity contribution in [2.75, 3.05) is 25.1 Å². The van der Waals surface area contributed by atoms with Crippen LogP contribution in [-0.4, -0.2) is 41.9 Å². The highest BCUT2D eigenvalue weighted by Crippen LogP contribution is 2.18. The maximum Gasteiger partial charge on any atom is 0.226 e. The molecule has 3 atom stereocenters. The second-order valence-electron chi connectivity index (χ2n) is 4.57. The number of halogens is 1. The third-order valence-electron chi connectivity index (χ3n) is 3.12. The van der Waals surface area contributed by atoms with Gasteiger partial charge in [0.1, 0.15) is 0 Å². The van der Waals surface area contributed by atoms with Gasteiger partial charge in [-0.15, -0.1) is 12.4 Å². The summed E-state index contributed by atoms with van der Waals surface area (Å²) in [6.07, 6.45) is 2.98. The Morgan fingerprint density at radius 1 is 1.62 bits per heavy atom. The van der Waals surface area contributed by atoms with Crippen molar-refractivity contribution >= 4 is 30.1 Å². The van der Waals surface area contributed by atoms with Gasteiger partial charge >= 0.3 is 0 Å². The largest absolute Gasteiger partial charge is 0.342 e. The summed E-state index contributed by atoms with van der Waals surface area (Å²) < 4.78 is 0. The van der Waals surface area contributed by atoms with Crippen LogP contribution in [0.3, 0.4) is 0 Å². The molecule has 3 nitrogen and oxygen atoms in total. The van der Waals surface area contributed by atoms with E-state index in [1.165, 1.54) is 0 Å². The van der Waals surface area contributed by atoms with E-state index >= 15 is 0 Å². The molecule has 96 valence electrons. The number of nitrogens with zero attached hydrogens (tertiary/aromatic N) is 1. The Morgan fingerprint density at radius 3 is 2.75 bits per heavy atom. The van der Waals surface area contributed by atoms with Crippen LogP contribution in [0, 0.1) is 11.8 Å². The molecule has 0 radical (unpaired) electrons. The first kappa shape index (κ1) is 16.1. The minimum absolute atomic E-state index is 0. The lowest BCUT2D eigenvalue weighted by Gasteiger charge is -2.36. The second kappa shape index (κ2) is 7.41. The van der Waals surface area contributed by atoms with Gasteiger partial charge in [-0.05, 0) is 18.6 Å². The third-order valence-corrected chi connectivity index (χ3v) is 3.95. The number of likely N-dealkylation sites (tertiary alicyclic amines) is 1. The molecule has 1 rings (SSSR count). The maximum absolute atomic E-state index is 12.0. The molecule has 2 N–H and O–H groups in total. The van der Waals surface area contributed by atoms with E-state index in [9.17, 15) is 4.79 Å². The van der Waals surface area contributed by atoms with Crippen LogP contribution < -0.4 is 5.73 Å². The number of rotatable bonds is 3. The number of carbonyl (C=O) groups excluding carboxylic acids is 1. The summed E-state index contributed by atoms with van der Waals surface area (Å²) in [4.78, 5) is 14.0. The van der Waals surface area contributed by atoms with Crippen LogP contribution in [0.15, 0.2) is 0 Å². The highest BCUT2D eigenvalue weighted by molar-refractivity contribution is 7.98. The van der Waals surface area contributed by atoms with Gasteiger partial charge in [0.15, 0.2) is 0 Å². The number of piperidine rings is 1. The van der Waals surface area contributed by atoms with Crippen molar-refractivity contribution in [1.82, 2.24) is 4.90 Å². The molecule has 1 saturated heterocycles. The van der Waals surface area contributed by atoms with Crippen LogP contribution in [0.5, 0.6) is 0 Å². The van der Waals surface area contributed by atoms with E-state index in [4.69, 9.17) is 5.73 Å². The fourth-order valence-corrected chi connectivity index (χ4v) is 2.64. The molecular formula is C11H23ClN2OS. The van der Waals surface area contributed by atoms with Crippen molar-refractivity contribution in [2.45, 2.75) is 26.3 Å². The van der Waals surface area contributed by atoms with E-state index in [1.807, 2.05) is 18.1 Å². The van der Waals surface area contributed by atoms with Crippen molar-refractivity contribution < 1.29 is 4.79 Å². The van der Waals surface area contributed by atoms with Crippen LogP contribution >= 0.6 is 24.2 Å². The minimum atomic E-state index is 0. The second-order valence-corrected chi connectivity index (χ2v) is 5.48. The summed E-state index contributed by atoms with van der Waals surface area (Å²) >= 11 is 1.73. The van der Waals surface area contributed by atoms with Crippen molar-refractivity contribution in [3.8, 4) is 0 Å². The zero-order valence-corrected chi connectivity index (χ0v) is 11.9.